The Morgan fingerprint density at radius 3 is 2.54 bits per heavy atom. The Labute approximate surface area is 77.1 Å². The van der Waals surface area contributed by atoms with Gasteiger partial charge in [-0.25, -0.2) is 0 Å². The summed E-state index contributed by atoms with van der Waals surface area (Å²) in [6.45, 7) is 0.503. The molecule has 4 N–H and O–H groups in total. The van der Waals surface area contributed by atoms with Crippen LogP contribution in [0, 0.1) is 5.41 Å². The van der Waals surface area contributed by atoms with Gasteiger partial charge in [0.2, 0.25) is 0 Å². The summed E-state index contributed by atoms with van der Waals surface area (Å²) in [5.74, 6) is 0.0137. The average molecular weight is 185 g/mol. The second-order valence-electron chi connectivity index (χ2n) is 3.26. The summed E-state index contributed by atoms with van der Waals surface area (Å²) in [7, 11) is 0. The summed E-state index contributed by atoms with van der Waals surface area (Å²) in [5.41, 5.74) is 5.20. The predicted molar refractivity (Wildman–Crippen MR) is 48.2 cm³/mol. The monoisotopic (exact) mass is 185 g/mol. The molecule has 0 saturated heterocycles. The first kappa shape index (κ1) is 9.83. The van der Waals surface area contributed by atoms with Gasteiger partial charge in [0, 0.05) is 6.04 Å². The molecular formula is C8H15N3O2. The van der Waals surface area contributed by atoms with Crippen LogP contribution in [0.15, 0.2) is 0 Å². The van der Waals surface area contributed by atoms with Crippen LogP contribution in [0.2, 0.25) is 0 Å². The largest absolute Gasteiger partial charge is 0.465 e. The number of nitrogens with two attached hydrogens (primary N) is 1. The van der Waals surface area contributed by atoms with E-state index >= 15 is 0 Å². The number of hydrogen-bond donors (Lipinski definition) is 3. The van der Waals surface area contributed by atoms with Crippen molar-refractivity contribution in [1.29, 1.82) is 5.41 Å². The van der Waals surface area contributed by atoms with Crippen LogP contribution in [0.1, 0.15) is 25.7 Å². The molecule has 1 saturated carbocycles. The van der Waals surface area contributed by atoms with Crippen LogP contribution >= 0.6 is 0 Å². The maximum Gasteiger partial charge on any atom is 0.293 e. The van der Waals surface area contributed by atoms with E-state index in [9.17, 15) is 4.79 Å². The van der Waals surface area contributed by atoms with Crippen molar-refractivity contribution in [1.82, 2.24) is 5.32 Å². The van der Waals surface area contributed by atoms with Crippen molar-refractivity contribution in [3.63, 3.8) is 0 Å². The van der Waals surface area contributed by atoms with Crippen LogP contribution < -0.4 is 11.1 Å². The third-order valence-corrected chi connectivity index (χ3v) is 2.28. The Bertz CT molecular complexity index is 188. The molecule has 0 unspecified atom stereocenters. The topological polar surface area (TPSA) is 88.2 Å². The Balaban J connectivity index is 2.22. The van der Waals surface area contributed by atoms with Crippen LogP contribution in [0.4, 0.5) is 0 Å². The molecule has 0 spiro atoms. The molecule has 1 fully saturated rings. The maximum absolute atomic E-state index is 10.0. The minimum Gasteiger partial charge on any atom is -0.465 e. The highest BCUT2D eigenvalue weighted by atomic mass is 16.5. The molecule has 5 nitrogen and oxygen atoms in total. The first-order valence-corrected chi connectivity index (χ1v) is 4.42. The molecule has 0 aromatic rings. The van der Waals surface area contributed by atoms with Gasteiger partial charge in [-0.05, 0) is 25.7 Å². The van der Waals surface area contributed by atoms with Gasteiger partial charge < -0.3 is 15.8 Å². The van der Waals surface area contributed by atoms with E-state index < -0.39 is 0 Å². The van der Waals surface area contributed by atoms with E-state index in [4.69, 9.17) is 15.9 Å². The van der Waals surface area contributed by atoms with Crippen LogP contribution in [-0.4, -0.2) is 24.6 Å². The van der Waals surface area contributed by atoms with Gasteiger partial charge >= 0.3 is 0 Å². The number of carbonyl (C=O) groups is 1. The number of hydrogen-bond acceptors (Lipinski definition) is 3. The fraction of sp³-hybridized carbons (Fsp3) is 0.750. The highest BCUT2D eigenvalue weighted by Crippen LogP contribution is 2.20. The van der Waals surface area contributed by atoms with Crippen LogP contribution in [0.25, 0.3) is 0 Å². The van der Waals surface area contributed by atoms with E-state index in [0.717, 1.165) is 25.7 Å². The maximum atomic E-state index is 10.0. The zero-order chi connectivity index (χ0) is 9.68. The Morgan fingerprint density at radius 1 is 1.46 bits per heavy atom. The van der Waals surface area contributed by atoms with Gasteiger partial charge in [-0.15, -0.1) is 0 Å². The number of nitrogens with one attached hydrogen (secondary N) is 2. The van der Waals surface area contributed by atoms with Crippen molar-refractivity contribution >= 4 is 12.4 Å². The van der Waals surface area contributed by atoms with Crippen molar-refractivity contribution in [3.8, 4) is 0 Å². The molecule has 0 heterocycles. The number of rotatable bonds is 3. The van der Waals surface area contributed by atoms with Crippen molar-refractivity contribution in [2.75, 3.05) is 0 Å². The van der Waals surface area contributed by atoms with E-state index in [1.165, 1.54) is 0 Å². The minimum atomic E-state index is 0.0137. The fourth-order valence-corrected chi connectivity index (χ4v) is 1.64. The predicted octanol–water partition coefficient (Wildman–Crippen LogP) is -0.0463. The molecule has 1 rings (SSSR count). The molecule has 0 aliphatic heterocycles. The normalized spacial score (nSPS) is 27.7. The van der Waals surface area contributed by atoms with E-state index in [1.807, 2.05) is 0 Å². The summed E-state index contributed by atoms with van der Waals surface area (Å²) in [4.78, 5) is 10.0. The SMILES string of the molecule is N=C(N)NC1CCC(OC=O)CC1. The summed E-state index contributed by atoms with van der Waals surface area (Å²) in [6, 6.07) is 0.268. The smallest absolute Gasteiger partial charge is 0.293 e. The second kappa shape index (κ2) is 4.69. The average Bonchev–Trinajstić information content (AvgIpc) is 2.08. The third kappa shape index (κ3) is 3.31. The Morgan fingerprint density at radius 2 is 2.08 bits per heavy atom. The Hall–Kier alpha value is -1.26. The Kier molecular flexibility index (Phi) is 3.54. The molecular weight excluding hydrogens is 170 g/mol. The zero-order valence-electron chi connectivity index (χ0n) is 7.45. The standard InChI is InChI=1S/C8H15N3O2/c9-8(10)11-6-1-3-7(4-2-6)13-5-12/h5-7H,1-4H2,(H4,9,10,11). The van der Waals surface area contributed by atoms with Crippen molar-refractivity contribution in [2.24, 2.45) is 5.73 Å². The van der Waals surface area contributed by atoms with E-state index in [2.05, 4.69) is 5.32 Å². The molecule has 5 heteroatoms. The van der Waals surface area contributed by atoms with Gasteiger partial charge in [0.25, 0.3) is 6.47 Å². The van der Waals surface area contributed by atoms with Crippen molar-refractivity contribution in [2.45, 2.75) is 37.8 Å². The number of ether oxygens (including phenoxy) is 1. The lowest BCUT2D eigenvalue weighted by molar-refractivity contribution is -0.135. The highest BCUT2D eigenvalue weighted by molar-refractivity contribution is 5.74. The molecule has 0 radical (unpaired) electrons. The van der Waals surface area contributed by atoms with Crippen LogP contribution in [0.3, 0.4) is 0 Å². The van der Waals surface area contributed by atoms with Gasteiger partial charge in [-0.3, -0.25) is 10.2 Å². The van der Waals surface area contributed by atoms with E-state index in [1.54, 1.807) is 0 Å². The summed E-state index contributed by atoms with van der Waals surface area (Å²) < 4.78 is 4.84. The lowest BCUT2D eigenvalue weighted by atomic mass is 9.93. The molecule has 13 heavy (non-hydrogen) atoms. The summed E-state index contributed by atoms with van der Waals surface area (Å²) in [5, 5.41) is 9.90. The number of guanidine groups is 1. The number of carbonyl (C=O) groups excluding carboxylic acids is 1. The van der Waals surface area contributed by atoms with Gasteiger partial charge in [-0.2, -0.15) is 0 Å². The lowest BCUT2D eigenvalue weighted by Crippen LogP contribution is -2.42. The molecule has 74 valence electrons. The second-order valence-corrected chi connectivity index (χ2v) is 3.26. The molecule has 0 bridgehead atoms. The molecule has 0 amide bonds. The highest BCUT2D eigenvalue weighted by Gasteiger charge is 2.21. The lowest BCUT2D eigenvalue weighted by Gasteiger charge is -2.27. The fourth-order valence-electron chi connectivity index (χ4n) is 1.64. The summed E-state index contributed by atoms with van der Waals surface area (Å²) >= 11 is 0. The molecule has 1 aliphatic carbocycles. The van der Waals surface area contributed by atoms with Crippen molar-refractivity contribution < 1.29 is 9.53 Å². The molecule has 0 aromatic heterocycles. The van der Waals surface area contributed by atoms with E-state index in [0.29, 0.717) is 6.47 Å². The van der Waals surface area contributed by atoms with Crippen LogP contribution in [0.5, 0.6) is 0 Å². The zero-order valence-corrected chi connectivity index (χ0v) is 7.45. The quantitative estimate of drug-likeness (QED) is 0.327. The third-order valence-electron chi connectivity index (χ3n) is 2.28. The minimum absolute atomic E-state index is 0.0137. The summed E-state index contributed by atoms with van der Waals surface area (Å²) in [6.07, 6.45) is 3.56. The van der Waals surface area contributed by atoms with Gasteiger partial charge in [0.05, 0.1) is 0 Å². The van der Waals surface area contributed by atoms with Crippen molar-refractivity contribution in [3.05, 3.63) is 0 Å². The molecule has 1 aliphatic rings. The van der Waals surface area contributed by atoms with Gasteiger partial charge in [-0.1, -0.05) is 0 Å². The molecule has 0 atom stereocenters. The van der Waals surface area contributed by atoms with Gasteiger partial charge in [0.1, 0.15) is 6.10 Å². The first-order valence-electron chi connectivity index (χ1n) is 4.42. The van der Waals surface area contributed by atoms with Gasteiger partial charge in [0.15, 0.2) is 5.96 Å². The molecule has 0 aromatic carbocycles. The van der Waals surface area contributed by atoms with E-state index in [-0.39, 0.29) is 18.1 Å². The first-order chi connectivity index (χ1) is 6.22. The van der Waals surface area contributed by atoms with Crippen LogP contribution in [-0.2, 0) is 9.53 Å².